The predicted octanol–water partition coefficient (Wildman–Crippen LogP) is 8.88. The predicted molar refractivity (Wildman–Crippen MR) is 236 cm³/mol. The number of nitrogens with one attached hydrogen (secondary N) is 3. The van der Waals surface area contributed by atoms with Crippen molar-refractivity contribution in [3.8, 4) is 33.6 Å². The Kier molecular flexibility index (Phi) is 12.0. The lowest BCUT2D eigenvalue weighted by Crippen LogP contribution is -2.43. The van der Waals surface area contributed by atoms with Crippen molar-refractivity contribution in [2.75, 3.05) is 27.3 Å². The Morgan fingerprint density at radius 3 is 1.92 bits per heavy atom. The van der Waals surface area contributed by atoms with Crippen LogP contribution in [0.15, 0.2) is 102 Å². The summed E-state index contributed by atoms with van der Waals surface area (Å²) in [7, 11) is 2.54. The van der Waals surface area contributed by atoms with E-state index in [1.165, 1.54) is 14.2 Å². The molecule has 318 valence electrons. The highest BCUT2D eigenvalue weighted by Gasteiger charge is 2.38. The Hall–Kier alpha value is -7.09. The molecule has 3 unspecified atom stereocenters. The summed E-state index contributed by atoms with van der Waals surface area (Å²) >= 11 is 0. The monoisotopic (exact) mass is 834 g/mol. The first-order valence-electron chi connectivity index (χ1n) is 21.0. The molecule has 0 saturated carbocycles. The van der Waals surface area contributed by atoms with Gasteiger partial charge in [-0.2, -0.15) is 4.99 Å². The van der Waals surface area contributed by atoms with E-state index < -0.39 is 18.2 Å². The van der Waals surface area contributed by atoms with Crippen LogP contribution in [0.1, 0.15) is 80.4 Å². The number of carbonyl (C=O) groups is 4. The van der Waals surface area contributed by atoms with Gasteiger partial charge in [-0.25, -0.2) is 19.6 Å². The number of methoxy groups -OCH3 is 2. The van der Waals surface area contributed by atoms with Crippen molar-refractivity contribution in [1.82, 2.24) is 35.1 Å². The zero-order valence-electron chi connectivity index (χ0n) is 35.5. The number of benzene rings is 4. The molecule has 3 N–H and O–H groups in total. The zero-order chi connectivity index (χ0) is 43.5. The molecule has 0 bridgehead atoms. The number of aromatic nitrogens is 4. The van der Waals surface area contributed by atoms with Crippen LogP contribution in [0.4, 0.5) is 9.59 Å². The van der Waals surface area contributed by atoms with Crippen molar-refractivity contribution in [2.45, 2.75) is 64.6 Å². The summed E-state index contributed by atoms with van der Waals surface area (Å²) in [5.41, 5.74) is 7.60. The normalized spacial score (nSPS) is 17.1. The summed E-state index contributed by atoms with van der Waals surface area (Å²) in [6.45, 7) is 6.70. The fourth-order valence-electron chi connectivity index (χ4n) is 8.59. The number of nitrogens with zero attached hydrogens (tertiary/aromatic N) is 5. The fourth-order valence-corrected chi connectivity index (χ4v) is 8.59. The van der Waals surface area contributed by atoms with E-state index >= 15 is 0 Å². The van der Waals surface area contributed by atoms with Gasteiger partial charge in [0.15, 0.2) is 0 Å². The maximum atomic E-state index is 14.1. The summed E-state index contributed by atoms with van der Waals surface area (Å²) in [6, 6.07) is 27.2. The molecule has 2 saturated heterocycles. The first kappa shape index (κ1) is 41.6. The molecular weight excluding hydrogens is 785 g/mol. The number of aliphatic imine (C=N–C) groups is 1. The molecule has 3 atom stereocenters. The van der Waals surface area contributed by atoms with Crippen molar-refractivity contribution in [1.29, 1.82) is 0 Å². The molecule has 4 aromatic carbocycles. The van der Waals surface area contributed by atoms with Gasteiger partial charge in [-0.1, -0.05) is 86.6 Å². The number of rotatable bonds is 10. The van der Waals surface area contributed by atoms with E-state index in [2.05, 4.69) is 80.9 Å². The molecule has 4 amide bonds. The van der Waals surface area contributed by atoms with Crippen molar-refractivity contribution >= 4 is 40.5 Å². The number of carbonyl (C=O) groups excluding carboxylic acids is 4. The minimum Gasteiger partial charge on any atom is -0.453 e. The average Bonchev–Trinajstić information content (AvgIpc) is 4.14. The number of aromatic amines is 2. The lowest BCUT2D eigenvalue weighted by molar-refractivity contribution is -0.134. The highest BCUT2D eigenvalue weighted by atomic mass is 16.5. The van der Waals surface area contributed by atoms with Crippen molar-refractivity contribution in [2.24, 2.45) is 10.9 Å². The lowest BCUT2D eigenvalue weighted by Gasteiger charge is -2.29. The molecule has 8 rings (SSSR count). The maximum Gasteiger partial charge on any atom is 0.433 e. The highest BCUT2D eigenvalue weighted by molar-refractivity contribution is 6.40. The minimum absolute atomic E-state index is 0.177. The number of alkyl carbamates (subject to hydrolysis) is 1. The second-order valence-corrected chi connectivity index (χ2v) is 16.1. The van der Waals surface area contributed by atoms with Gasteiger partial charge >= 0.3 is 12.2 Å². The Morgan fingerprint density at radius 2 is 1.29 bits per heavy atom. The molecule has 2 aromatic heterocycles. The van der Waals surface area contributed by atoms with Crippen LogP contribution in [0.5, 0.6) is 0 Å². The van der Waals surface area contributed by atoms with Crippen molar-refractivity contribution in [3.63, 3.8) is 0 Å². The van der Waals surface area contributed by atoms with E-state index in [-0.39, 0.29) is 35.5 Å². The van der Waals surface area contributed by atoms with Crippen LogP contribution < -0.4 is 5.32 Å². The van der Waals surface area contributed by atoms with E-state index in [1.54, 1.807) is 16.0 Å². The van der Waals surface area contributed by atoms with Crippen molar-refractivity contribution < 1.29 is 28.7 Å². The molecule has 0 radical (unpaired) electrons. The van der Waals surface area contributed by atoms with E-state index in [4.69, 9.17) is 19.4 Å². The molecule has 2 aliphatic rings. The first-order valence-corrected chi connectivity index (χ1v) is 21.0. The SMILES string of the molecule is COC(=O)N=C(C(=O)N1CCCC1c1ncc(-c2ccc3cc(-c4ccc(-c5cnc(C6CCCN6C(=O)C(NC(=O)OC)c6ccccc6C)[nH]5)cc4)ccc3c2)[nH]1)C(C)C. The van der Waals surface area contributed by atoms with Gasteiger partial charge < -0.3 is 34.6 Å². The minimum atomic E-state index is -0.886. The van der Waals surface area contributed by atoms with Gasteiger partial charge in [0.2, 0.25) is 0 Å². The Morgan fingerprint density at radius 1 is 0.726 bits per heavy atom. The van der Waals surface area contributed by atoms with Gasteiger partial charge in [0.25, 0.3) is 11.8 Å². The van der Waals surface area contributed by atoms with Gasteiger partial charge in [0, 0.05) is 24.6 Å². The van der Waals surface area contributed by atoms with Crippen LogP contribution in [0, 0.1) is 12.8 Å². The largest absolute Gasteiger partial charge is 0.453 e. The number of ether oxygens (including phenoxy) is 2. The molecular formula is C48H50N8O6. The van der Waals surface area contributed by atoms with E-state index in [1.807, 2.05) is 51.2 Å². The van der Waals surface area contributed by atoms with Gasteiger partial charge in [-0.05, 0) is 83.3 Å². The molecule has 14 nitrogen and oxygen atoms in total. The molecule has 14 heteroatoms. The number of likely N-dealkylation sites (tertiary alicyclic amines) is 2. The number of aryl methyl sites for hydroxylation is 1. The summed E-state index contributed by atoms with van der Waals surface area (Å²) < 4.78 is 9.57. The Balaban J connectivity index is 0.952. The maximum absolute atomic E-state index is 14.1. The van der Waals surface area contributed by atoms with Gasteiger partial charge in [-0.15, -0.1) is 0 Å². The molecule has 62 heavy (non-hydrogen) atoms. The Labute approximate surface area is 359 Å². The second-order valence-electron chi connectivity index (χ2n) is 16.1. The molecule has 0 aliphatic carbocycles. The third-order valence-electron chi connectivity index (χ3n) is 11.9. The van der Waals surface area contributed by atoms with Crippen LogP contribution in [0.3, 0.4) is 0 Å². The van der Waals surface area contributed by atoms with Crippen LogP contribution in [-0.4, -0.2) is 86.8 Å². The van der Waals surface area contributed by atoms with Crippen molar-refractivity contribution in [3.05, 3.63) is 120 Å². The van der Waals surface area contributed by atoms with Gasteiger partial charge in [-0.3, -0.25) is 9.59 Å². The lowest BCUT2D eigenvalue weighted by atomic mass is 9.98. The molecule has 6 aromatic rings. The summed E-state index contributed by atoms with van der Waals surface area (Å²) in [5, 5.41) is 4.92. The number of amides is 4. The third kappa shape index (κ3) is 8.45. The summed E-state index contributed by atoms with van der Waals surface area (Å²) in [6.07, 6.45) is 5.30. The van der Waals surface area contributed by atoms with Gasteiger partial charge in [0.1, 0.15) is 23.4 Å². The second kappa shape index (κ2) is 17.9. The fraction of sp³-hybridized carbons (Fsp3) is 0.312. The highest BCUT2D eigenvalue weighted by Crippen LogP contribution is 2.36. The van der Waals surface area contributed by atoms with Crippen LogP contribution in [0.2, 0.25) is 0 Å². The third-order valence-corrected chi connectivity index (χ3v) is 11.9. The number of hydrogen-bond acceptors (Lipinski definition) is 8. The van der Waals surface area contributed by atoms with Crippen LogP contribution >= 0.6 is 0 Å². The first-order chi connectivity index (χ1) is 30.0. The molecule has 2 fully saturated rings. The number of hydrogen-bond donors (Lipinski definition) is 3. The number of fused-ring (bicyclic) bond motifs is 1. The van der Waals surface area contributed by atoms with Crippen LogP contribution in [-0.2, 0) is 19.1 Å². The van der Waals surface area contributed by atoms with E-state index in [9.17, 15) is 19.2 Å². The van der Waals surface area contributed by atoms with E-state index in [0.29, 0.717) is 24.7 Å². The van der Waals surface area contributed by atoms with Gasteiger partial charge in [0.05, 0.1) is 50.1 Å². The quantitative estimate of drug-likeness (QED) is 0.115. The Bertz CT molecular complexity index is 2670. The molecule has 0 spiro atoms. The molecule has 4 heterocycles. The number of H-pyrrole nitrogens is 2. The topological polar surface area (TPSA) is 175 Å². The summed E-state index contributed by atoms with van der Waals surface area (Å²) in [4.78, 5) is 75.7. The van der Waals surface area contributed by atoms with E-state index in [0.717, 1.165) is 81.2 Å². The standard InChI is InChI=1S/C48H50N8O6/c1-28(2)41(53-47(59)61-4)45(57)55-22-8-12-39(55)44-50-27-38(52-44)35-21-20-33-24-32(18-19-34(33)25-35)30-14-16-31(17-15-30)37-26-49-43(51-37)40-13-9-23-56(40)46(58)42(54-48(60)62-5)36-11-7-6-10-29(36)3/h6-7,10-11,14-21,24-28,39-40,42H,8-9,12-13,22-23H2,1-5H3,(H,49,51)(H,50,52)(H,54,60). The van der Waals surface area contributed by atoms with Crippen LogP contribution in [0.25, 0.3) is 44.4 Å². The average molecular weight is 835 g/mol. The summed E-state index contributed by atoms with van der Waals surface area (Å²) in [5.74, 6) is 0.672. The smallest absolute Gasteiger partial charge is 0.433 e. The number of imidazole rings is 2. The molecule has 2 aliphatic heterocycles. The zero-order valence-corrected chi connectivity index (χ0v) is 35.5.